The second-order valence-corrected chi connectivity index (χ2v) is 5.03. The van der Waals surface area contributed by atoms with Gasteiger partial charge in [0.1, 0.15) is 0 Å². The SMILES string of the molecule is O=C1CC(CCl)CN1c1ccncc1I. The Balaban J connectivity index is 2.25. The third kappa shape index (κ3) is 2.25. The van der Waals surface area contributed by atoms with E-state index in [4.69, 9.17) is 11.6 Å². The molecule has 1 unspecified atom stereocenters. The lowest BCUT2D eigenvalue weighted by molar-refractivity contribution is -0.117. The van der Waals surface area contributed by atoms with E-state index in [9.17, 15) is 4.79 Å². The molecule has 0 aliphatic carbocycles. The van der Waals surface area contributed by atoms with Crippen molar-refractivity contribution in [2.75, 3.05) is 17.3 Å². The van der Waals surface area contributed by atoms with Crippen LogP contribution in [-0.4, -0.2) is 23.3 Å². The number of nitrogens with zero attached hydrogens (tertiary/aromatic N) is 2. The molecule has 1 aromatic heterocycles. The number of carbonyl (C=O) groups is 1. The summed E-state index contributed by atoms with van der Waals surface area (Å²) in [4.78, 5) is 17.6. The summed E-state index contributed by atoms with van der Waals surface area (Å²) < 4.78 is 0.999. The zero-order chi connectivity index (χ0) is 10.8. The molecule has 2 heterocycles. The highest BCUT2D eigenvalue weighted by molar-refractivity contribution is 14.1. The Morgan fingerprint density at radius 1 is 1.67 bits per heavy atom. The van der Waals surface area contributed by atoms with Gasteiger partial charge in [0.15, 0.2) is 0 Å². The van der Waals surface area contributed by atoms with Gasteiger partial charge in [0.2, 0.25) is 5.91 Å². The van der Waals surface area contributed by atoms with Gasteiger partial charge in [-0.1, -0.05) is 0 Å². The Hall–Kier alpha value is -0.360. The van der Waals surface area contributed by atoms with Crippen molar-refractivity contribution in [2.24, 2.45) is 5.92 Å². The molecule has 80 valence electrons. The van der Waals surface area contributed by atoms with Crippen LogP contribution in [0.1, 0.15) is 6.42 Å². The van der Waals surface area contributed by atoms with Crippen LogP contribution in [0.3, 0.4) is 0 Å². The summed E-state index contributed by atoms with van der Waals surface area (Å²) in [5.41, 5.74) is 0.947. The van der Waals surface area contributed by atoms with Gasteiger partial charge in [0.05, 0.1) is 9.26 Å². The molecule has 1 aromatic rings. The van der Waals surface area contributed by atoms with Gasteiger partial charge in [-0.2, -0.15) is 0 Å². The van der Waals surface area contributed by atoms with Crippen molar-refractivity contribution in [1.82, 2.24) is 4.98 Å². The summed E-state index contributed by atoms with van der Waals surface area (Å²) in [6, 6.07) is 1.87. The van der Waals surface area contributed by atoms with E-state index in [1.807, 2.05) is 6.07 Å². The first kappa shape index (κ1) is 11.1. The first-order chi connectivity index (χ1) is 7.22. The molecule has 1 aliphatic rings. The van der Waals surface area contributed by atoms with Crippen LogP contribution in [0.5, 0.6) is 0 Å². The molecule has 0 radical (unpaired) electrons. The molecule has 0 spiro atoms. The Labute approximate surface area is 107 Å². The molecule has 0 N–H and O–H groups in total. The molecule has 0 aromatic carbocycles. The Morgan fingerprint density at radius 3 is 3.07 bits per heavy atom. The van der Waals surface area contributed by atoms with Crippen LogP contribution in [0.25, 0.3) is 0 Å². The largest absolute Gasteiger partial charge is 0.311 e. The molecule has 1 fully saturated rings. The van der Waals surface area contributed by atoms with Crippen molar-refractivity contribution in [1.29, 1.82) is 0 Å². The summed E-state index contributed by atoms with van der Waals surface area (Å²) >= 11 is 7.96. The van der Waals surface area contributed by atoms with E-state index in [1.165, 1.54) is 0 Å². The van der Waals surface area contributed by atoms with Crippen molar-refractivity contribution < 1.29 is 4.79 Å². The van der Waals surface area contributed by atoms with Crippen molar-refractivity contribution >= 4 is 45.8 Å². The zero-order valence-corrected chi connectivity index (χ0v) is 10.9. The molecule has 0 saturated carbocycles. The third-order valence-electron chi connectivity index (χ3n) is 2.47. The topological polar surface area (TPSA) is 33.2 Å². The molecule has 3 nitrogen and oxygen atoms in total. The third-order valence-corrected chi connectivity index (χ3v) is 3.73. The van der Waals surface area contributed by atoms with E-state index in [0.29, 0.717) is 12.3 Å². The summed E-state index contributed by atoms with van der Waals surface area (Å²) in [7, 11) is 0. The number of hydrogen-bond donors (Lipinski definition) is 0. The number of anilines is 1. The lowest BCUT2D eigenvalue weighted by Crippen LogP contribution is -2.25. The van der Waals surface area contributed by atoms with Crippen LogP contribution in [0.15, 0.2) is 18.5 Å². The standard InChI is InChI=1S/C10H10ClIN2O/c11-4-7-3-10(15)14(6-7)9-1-2-13-5-8(9)12/h1-2,5,7H,3-4,6H2. The summed E-state index contributed by atoms with van der Waals surface area (Å²) in [5, 5.41) is 0. The smallest absolute Gasteiger partial charge is 0.227 e. The van der Waals surface area contributed by atoms with Gasteiger partial charge in [-0.15, -0.1) is 11.6 Å². The Morgan fingerprint density at radius 2 is 2.47 bits per heavy atom. The Kier molecular flexibility index (Phi) is 3.45. The van der Waals surface area contributed by atoms with E-state index in [1.54, 1.807) is 17.3 Å². The molecule has 5 heteroatoms. The van der Waals surface area contributed by atoms with Crippen LogP contribution in [-0.2, 0) is 4.79 Å². The number of rotatable bonds is 2. The van der Waals surface area contributed by atoms with E-state index in [0.717, 1.165) is 15.8 Å². The van der Waals surface area contributed by atoms with Crippen LogP contribution in [0, 0.1) is 9.49 Å². The number of aromatic nitrogens is 1. The van der Waals surface area contributed by atoms with Gasteiger partial charge < -0.3 is 4.90 Å². The second kappa shape index (κ2) is 4.65. The quantitative estimate of drug-likeness (QED) is 0.613. The predicted molar refractivity (Wildman–Crippen MR) is 68.1 cm³/mol. The number of carbonyl (C=O) groups excluding carboxylic acids is 1. The average Bonchev–Trinajstić information content (AvgIpc) is 2.60. The van der Waals surface area contributed by atoms with Crippen molar-refractivity contribution in [3.05, 3.63) is 22.0 Å². The minimum atomic E-state index is 0.157. The van der Waals surface area contributed by atoms with Crippen molar-refractivity contribution in [3.8, 4) is 0 Å². The van der Waals surface area contributed by atoms with Crippen LogP contribution >= 0.6 is 34.2 Å². The fourth-order valence-electron chi connectivity index (χ4n) is 1.70. The average molecular weight is 337 g/mol. The minimum absolute atomic E-state index is 0.157. The molecule has 15 heavy (non-hydrogen) atoms. The van der Waals surface area contributed by atoms with Crippen LogP contribution in [0.4, 0.5) is 5.69 Å². The predicted octanol–water partition coefficient (Wildman–Crippen LogP) is 2.28. The maximum atomic E-state index is 11.7. The summed E-state index contributed by atoms with van der Waals surface area (Å²) in [6.07, 6.45) is 4.03. The van der Waals surface area contributed by atoms with Gasteiger partial charge in [0, 0.05) is 31.2 Å². The molecule has 2 rings (SSSR count). The number of amides is 1. The Bertz CT molecular complexity index is 385. The first-order valence-electron chi connectivity index (χ1n) is 4.68. The highest BCUT2D eigenvalue weighted by atomic mass is 127. The normalized spacial score (nSPS) is 21.1. The van der Waals surface area contributed by atoms with Gasteiger partial charge in [-0.3, -0.25) is 9.78 Å². The highest BCUT2D eigenvalue weighted by Crippen LogP contribution is 2.28. The van der Waals surface area contributed by atoms with Crippen molar-refractivity contribution in [3.63, 3.8) is 0 Å². The van der Waals surface area contributed by atoms with Gasteiger partial charge in [-0.25, -0.2) is 0 Å². The van der Waals surface area contributed by atoms with Crippen LogP contribution < -0.4 is 4.90 Å². The molecule has 1 aliphatic heterocycles. The number of pyridine rings is 1. The lowest BCUT2D eigenvalue weighted by atomic mass is 10.1. The van der Waals surface area contributed by atoms with E-state index >= 15 is 0 Å². The maximum Gasteiger partial charge on any atom is 0.227 e. The zero-order valence-electron chi connectivity index (χ0n) is 7.99. The number of hydrogen-bond acceptors (Lipinski definition) is 2. The summed E-state index contributed by atoms with van der Waals surface area (Å²) in [5.74, 6) is 0.983. The van der Waals surface area contributed by atoms with E-state index in [2.05, 4.69) is 27.6 Å². The molecular weight excluding hydrogens is 326 g/mol. The minimum Gasteiger partial charge on any atom is -0.311 e. The summed E-state index contributed by atoms with van der Waals surface area (Å²) in [6.45, 7) is 0.725. The van der Waals surface area contributed by atoms with Crippen molar-refractivity contribution in [2.45, 2.75) is 6.42 Å². The lowest BCUT2D eigenvalue weighted by Gasteiger charge is -2.17. The molecular formula is C10H10ClIN2O. The highest BCUT2D eigenvalue weighted by Gasteiger charge is 2.30. The van der Waals surface area contributed by atoms with Crippen LogP contribution in [0.2, 0.25) is 0 Å². The fraction of sp³-hybridized carbons (Fsp3) is 0.400. The molecule has 0 bridgehead atoms. The molecule has 1 saturated heterocycles. The second-order valence-electron chi connectivity index (χ2n) is 3.56. The molecule has 1 amide bonds. The first-order valence-corrected chi connectivity index (χ1v) is 6.29. The van der Waals surface area contributed by atoms with E-state index < -0.39 is 0 Å². The number of halogens is 2. The maximum absolute atomic E-state index is 11.7. The fourth-order valence-corrected chi connectivity index (χ4v) is 2.54. The monoisotopic (exact) mass is 336 g/mol. The van der Waals surface area contributed by atoms with Gasteiger partial charge >= 0.3 is 0 Å². The van der Waals surface area contributed by atoms with Gasteiger partial charge in [-0.05, 0) is 34.6 Å². The van der Waals surface area contributed by atoms with Gasteiger partial charge in [0.25, 0.3) is 0 Å². The van der Waals surface area contributed by atoms with E-state index in [-0.39, 0.29) is 11.8 Å². The number of alkyl halides is 1. The molecule has 1 atom stereocenters.